The Morgan fingerprint density at radius 1 is 1.15 bits per heavy atom. The van der Waals surface area contributed by atoms with Crippen LogP contribution < -0.4 is 16.0 Å². The molecule has 1 aliphatic heterocycles. The van der Waals surface area contributed by atoms with Crippen LogP contribution in [-0.2, 0) is 4.79 Å². The highest BCUT2D eigenvalue weighted by Crippen LogP contribution is 2.17. The lowest BCUT2D eigenvalue weighted by Gasteiger charge is -2.36. The van der Waals surface area contributed by atoms with Crippen molar-refractivity contribution in [3.63, 3.8) is 0 Å². The van der Waals surface area contributed by atoms with Gasteiger partial charge in [0.25, 0.3) is 0 Å². The topological polar surface area (TPSA) is 74.0 Å². The van der Waals surface area contributed by atoms with Gasteiger partial charge in [-0.2, -0.15) is 0 Å². The fourth-order valence-electron chi connectivity index (χ4n) is 2.87. The van der Waals surface area contributed by atoms with Crippen LogP contribution in [-0.4, -0.2) is 49.5 Å². The average molecular weight is 434 g/mol. The molecule has 6 nitrogen and oxygen atoms in total. The second kappa shape index (κ2) is 8.85. The number of carbonyl (C=O) groups is 1. The minimum Gasteiger partial charge on any atom is -0.370 e. The number of nitrogens with one attached hydrogen (secondary N) is 1. The maximum absolute atomic E-state index is 13.0. The van der Waals surface area contributed by atoms with Crippen LogP contribution in [0.25, 0.3) is 0 Å². The Hall–Kier alpha value is -2.61. The zero-order valence-corrected chi connectivity index (χ0v) is 16.3. The molecule has 1 amide bonds. The number of nitrogens with zero attached hydrogens (tertiary/aromatic N) is 3. The van der Waals surface area contributed by atoms with Gasteiger partial charge in [0, 0.05) is 42.0 Å². The second-order valence-corrected chi connectivity index (χ2v) is 7.10. The molecule has 0 aromatic heterocycles. The maximum atomic E-state index is 13.0. The normalized spacial score (nSPS) is 15.0. The molecular weight excluding hydrogens is 413 g/mol. The summed E-state index contributed by atoms with van der Waals surface area (Å²) in [6.45, 7) is 2.87. The van der Waals surface area contributed by atoms with E-state index in [2.05, 4.69) is 31.1 Å². The molecule has 3 rings (SSSR count). The smallest absolute Gasteiger partial charge is 0.246 e. The van der Waals surface area contributed by atoms with Crippen LogP contribution in [0.2, 0.25) is 0 Å². The average Bonchev–Trinajstić information content (AvgIpc) is 2.67. The standard InChI is InChI=1S/C19H21BrFN5O/c20-14-2-1-3-16(12-14)24-18(27)13-23-19(22)26-10-8-25(9-11-26)17-6-4-15(21)5-7-17/h1-7,12H,8-11,13H2,(H2,22,23)(H,24,27). The van der Waals surface area contributed by atoms with Gasteiger partial charge >= 0.3 is 0 Å². The largest absolute Gasteiger partial charge is 0.370 e. The van der Waals surface area contributed by atoms with Crippen LogP contribution in [0.4, 0.5) is 15.8 Å². The molecule has 0 atom stereocenters. The predicted molar refractivity (Wildman–Crippen MR) is 109 cm³/mol. The van der Waals surface area contributed by atoms with Crippen molar-refractivity contribution in [3.8, 4) is 0 Å². The molecule has 8 heteroatoms. The first-order valence-electron chi connectivity index (χ1n) is 8.62. The molecular formula is C19H21BrFN5O. The van der Waals surface area contributed by atoms with Gasteiger partial charge in [0.1, 0.15) is 12.4 Å². The number of benzene rings is 2. The van der Waals surface area contributed by atoms with Crippen molar-refractivity contribution < 1.29 is 9.18 Å². The van der Waals surface area contributed by atoms with Crippen molar-refractivity contribution >= 4 is 39.2 Å². The molecule has 0 spiro atoms. The van der Waals surface area contributed by atoms with Crippen molar-refractivity contribution in [2.24, 2.45) is 10.7 Å². The first kappa shape index (κ1) is 19.2. The first-order chi connectivity index (χ1) is 13.0. The number of anilines is 2. The molecule has 0 aliphatic carbocycles. The molecule has 2 aromatic carbocycles. The number of hydrogen-bond acceptors (Lipinski definition) is 3. The van der Waals surface area contributed by atoms with Gasteiger partial charge in [-0.15, -0.1) is 0 Å². The molecule has 0 radical (unpaired) electrons. The van der Waals surface area contributed by atoms with E-state index in [4.69, 9.17) is 5.73 Å². The van der Waals surface area contributed by atoms with Gasteiger partial charge in [0.05, 0.1) is 0 Å². The lowest BCUT2D eigenvalue weighted by Crippen LogP contribution is -2.51. The number of guanidine groups is 1. The highest BCUT2D eigenvalue weighted by molar-refractivity contribution is 9.10. The van der Waals surface area contributed by atoms with Gasteiger partial charge in [-0.1, -0.05) is 22.0 Å². The van der Waals surface area contributed by atoms with E-state index >= 15 is 0 Å². The number of piperazine rings is 1. The first-order valence-corrected chi connectivity index (χ1v) is 9.41. The Morgan fingerprint density at radius 2 is 1.85 bits per heavy atom. The minimum absolute atomic E-state index is 0.0312. The van der Waals surface area contributed by atoms with Gasteiger partial charge in [0.2, 0.25) is 5.91 Å². The van der Waals surface area contributed by atoms with Crippen LogP contribution in [0.5, 0.6) is 0 Å². The van der Waals surface area contributed by atoms with E-state index in [1.54, 1.807) is 12.1 Å². The number of halogens is 2. The van der Waals surface area contributed by atoms with E-state index in [1.165, 1.54) is 12.1 Å². The SMILES string of the molecule is NC(=NCC(=O)Nc1cccc(Br)c1)N1CCN(c2ccc(F)cc2)CC1. The molecule has 2 aromatic rings. The number of aliphatic imine (C=N–C) groups is 1. The van der Waals surface area contributed by atoms with E-state index in [1.807, 2.05) is 29.2 Å². The highest BCUT2D eigenvalue weighted by Gasteiger charge is 2.18. The van der Waals surface area contributed by atoms with Gasteiger partial charge < -0.3 is 20.9 Å². The molecule has 0 saturated carbocycles. The van der Waals surface area contributed by atoms with Crippen LogP contribution in [0, 0.1) is 5.82 Å². The summed E-state index contributed by atoms with van der Waals surface area (Å²) >= 11 is 3.36. The van der Waals surface area contributed by atoms with Gasteiger partial charge in [0.15, 0.2) is 5.96 Å². The number of nitrogens with two attached hydrogens (primary N) is 1. The van der Waals surface area contributed by atoms with Gasteiger partial charge in [-0.25, -0.2) is 9.38 Å². The Bertz CT molecular complexity index is 819. The summed E-state index contributed by atoms with van der Waals surface area (Å²) < 4.78 is 13.9. The van der Waals surface area contributed by atoms with E-state index < -0.39 is 0 Å². The summed E-state index contributed by atoms with van der Waals surface area (Å²) in [7, 11) is 0. The van der Waals surface area contributed by atoms with E-state index in [9.17, 15) is 9.18 Å². The molecule has 27 heavy (non-hydrogen) atoms. The Kier molecular flexibility index (Phi) is 6.28. The summed E-state index contributed by atoms with van der Waals surface area (Å²) in [4.78, 5) is 20.4. The summed E-state index contributed by atoms with van der Waals surface area (Å²) in [5, 5.41) is 2.79. The van der Waals surface area contributed by atoms with Gasteiger partial charge in [-0.05, 0) is 42.5 Å². The van der Waals surface area contributed by atoms with Crippen LogP contribution in [0.3, 0.4) is 0 Å². The van der Waals surface area contributed by atoms with E-state index in [0.29, 0.717) is 24.7 Å². The highest BCUT2D eigenvalue weighted by atomic mass is 79.9. The molecule has 3 N–H and O–H groups in total. The van der Waals surface area contributed by atoms with E-state index in [0.717, 1.165) is 23.2 Å². The lowest BCUT2D eigenvalue weighted by atomic mass is 10.2. The van der Waals surface area contributed by atoms with Crippen molar-refractivity contribution in [1.82, 2.24) is 4.90 Å². The maximum Gasteiger partial charge on any atom is 0.246 e. The third kappa shape index (κ3) is 5.43. The molecule has 1 fully saturated rings. The van der Waals surface area contributed by atoms with E-state index in [-0.39, 0.29) is 18.3 Å². The molecule has 1 aliphatic rings. The third-order valence-corrected chi connectivity index (χ3v) is 4.78. The zero-order valence-electron chi connectivity index (χ0n) is 14.7. The Balaban J connectivity index is 1.48. The summed E-state index contributed by atoms with van der Waals surface area (Å²) in [6, 6.07) is 13.8. The Labute approximate surface area is 166 Å². The number of rotatable bonds is 4. The quantitative estimate of drug-likeness (QED) is 0.574. The fourth-order valence-corrected chi connectivity index (χ4v) is 3.26. The van der Waals surface area contributed by atoms with Crippen molar-refractivity contribution in [3.05, 3.63) is 58.8 Å². The summed E-state index contributed by atoms with van der Waals surface area (Å²) in [5.74, 6) is -0.103. The van der Waals surface area contributed by atoms with Crippen LogP contribution >= 0.6 is 15.9 Å². The summed E-state index contributed by atoms with van der Waals surface area (Å²) in [5.41, 5.74) is 7.73. The van der Waals surface area contributed by atoms with Crippen LogP contribution in [0.1, 0.15) is 0 Å². The van der Waals surface area contributed by atoms with Crippen molar-refractivity contribution in [1.29, 1.82) is 0 Å². The number of carbonyl (C=O) groups excluding carboxylic acids is 1. The van der Waals surface area contributed by atoms with Crippen molar-refractivity contribution in [2.75, 3.05) is 42.9 Å². The monoisotopic (exact) mass is 433 g/mol. The molecule has 1 heterocycles. The zero-order chi connectivity index (χ0) is 19.2. The molecule has 0 unspecified atom stereocenters. The Morgan fingerprint density at radius 3 is 2.52 bits per heavy atom. The predicted octanol–water partition coefficient (Wildman–Crippen LogP) is 2.66. The minimum atomic E-state index is -0.241. The number of hydrogen-bond donors (Lipinski definition) is 2. The molecule has 0 bridgehead atoms. The van der Waals surface area contributed by atoms with Crippen LogP contribution in [0.15, 0.2) is 58.0 Å². The summed E-state index contributed by atoms with van der Waals surface area (Å²) in [6.07, 6.45) is 0. The third-order valence-electron chi connectivity index (χ3n) is 4.29. The fraction of sp³-hybridized carbons (Fsp3) is 0.263. The number of amides is 1. The van der Waals surface area contributed by atoms with Crippen molar-refractivity contribution in [2.45, 2.75) is 0 Å². The molecule has 142 valence electrons. The lowest BCUT2D eigenvalue weighted by molar-refractivity contribution is -0.114. The van der Waals surface area contributed by atoms with Gasteiger partial charge in [-0.3, -0.25) is 4.79 Å². The molecule has 1 saturated heterocycles. The second-order valence-electron chi connectivity index (χ2n) is 6.18.